The quantitative estimate of drug-likeness (QED) is 0.695. The molecule has 0 aromatic rings. The first-order chi connectivity index (χ1) is 8.54. The Kier molecular flexibility index (Phi) is 6.96. The molecule has 2 atom stereocenters. The van der Waals surface area contributed by atoms with Gasteiger partial charge in [0, 0.05) is 12.6 Å². The van der Waals surface area contributed by atoms with Crippen molar-refractivity contribution in [2.75, 3.05) is 26.4 Å². The summed E-state index contributed by atoms with van der Waals surface area (Å²) in [5.41, 5.74) is 0. The molecule has 1 fully saturated rings. The predicted octanol–water partition coefficient (Wildman–Crippen LogP) is 2.10. The van der Waals surface area contributed by atoms with E-state index in [1.54, 1.807) is 0 Å². The first-order valence-electron chi connectivity index (χ1n) is 6.52. The average molecular weight is 269 g/mol. The number of ether oxygens (including phenoxy) is 1. The van der Waals surface area contributed by atoms with Gasteiger partial charge in [0.15, 0.2) is 0 Å². The molecular weight excluding hydrogens is 247 g/mol. The van der Waals surface area contributed by atoms with E-state index >= 15 is 0 Å². The van der Waals surface area contributed by atoms with Gasteiger partial charge in [-0.2, -0.15) is 13.2 Å². The number of alkyl halides is 3. The lowest BCUT2D eigenvalue weighted by Crippen LogP contribution is -2.39. The standard InChI is InChI=1S/C12H22F3NO2/c13-12(14,15)10-3-1-4-11(9-10)16-5-2-7-18-8-6-17/h10-11,16-17H,1-9H2. The molecule has 0 heterocycles. The van der Waals surface area contributed by atoms with E-state index in [1.165, 1.54) is 0 Å². The minimum Gasteiger partial charge on any atom is -0.394 e. The van der Waals surface area contributed by atoms with Gasteiger partial charge in [0.25, 0.3) is 0 Å². The minimum atomic E-state index is -4.05. The van der Waals surface area contributed by atoms with Crippen molar-refractivity contribution >= 4 is 0 Å². The van der Waals surface area contributed by atoms with Crippen molar-refractivity contribution < 1.29 is 23.0 Å². The summed E-state index contributed by atoms with van der Waals surface area (Å²) < 4.78 is 42.8. The van der Waals surface area contributed by atoms with E-state index in [9.17, 15) is 13.2 Å². The lowest BCUT2D eigenvalue weighted by atomic mass is 9.85. The van der Waals surface area contributed by atoms with Crippen LogP contribution in [0.1, 0.15) is 32.1 Å². The first kappa shape index (κ1) is 15.7. The highest BCUT2D eigenvalue weighted by molar-refractivity contribution is 4.81. The van der Waals surface area contributed by atoms with Crippen molar-refractivity contribution in [3.8, 4) is 0 Å². The van der Waals surface area contributed by atoms with Crippen LogP contribution in [0.5, 0.6) is 0 Å². The molecular formula is C12H22F3NO2. The van der Waals surface area contributed by atoms with Crippen LogP contribution in [-0.4, -0.2) is 43.7 Å². The van der Waals surface area contributed by atoms with E-state index in [2.05, 4.69) is 5.32 Å². The summed E-state index contributed by atoms with van der Waals surface area (Å²) in [5, 5.41) is 11.6. The maximum Gasteiger partial charge on any atom is 0.391 e. The number of aliphatic hydroxyl groups is 1. The smallest absolute Gasteiger partial charge is 0.391 e. The molecule has 3 nitrogen and oxygen atoms in total. The summed E-state index contributed by atoms with van der Waals surface area (Å²) in [6.07, 6.45) is -1.37. The topological polar surface area (TPSA) is 41.5 Å². The van der Waals surface area contributed by atoms with Crippen LogP contribution in [0.25, 0.3) is 0 Å². The summed E-state index contributed by atoms with van der Waals surface area (Å²) in [6.45, 7) is 1.52. The SMILES string of the molecule is OCCOCCCNC1CCCC(C(F)(F)F)C1. The Morgan fingerprint density at radius 2 is 2.00 bits per heavy atom. The fourth-order valence-electron chi connectivity index (χ4n) is 2.32. The second-order valence-electron chi connectivity index (χ2n) is 4.75. The van der Waals surface area contributed by atoms with E-state index in [0.29, 0.717) is 26.2 Å². The van der Waals surface area contributed by atoms with Crippen molar-refractivity contribution in [2.24, 2.45) is 5.92 Å². The van der Waals surface area contributed by atoms with E-state index in [0.717, 1.165) is 12.8 Å². The second-order valence-corrected chi connectivity index (χ2v) is 4.75. The number of nitrogens with one attached hydrogen (secondary N) is 1. The Labute approximate surface area is 106 Å². The Hall–Kier alpha value is -0.330. The number of halogens is 3. The summed E-state index contributed by atoms with van der Waals surface area (Å²) in [5.74, 6) is -1.14. The van der Waals surface area contributed by atoms with E-state index in [4.69, 9.17) is 9.84 Å². The van der Waals surface area contributed by atoms with Crippen LogP contribution in [0.15, 0.2) is 0 Å². The zero-order chi connectivity index (χ0) is 13.4. The number of rotatable bonds is 7. The van der Waals surface area contributed by atoms with Crippen LogP contribution in [0.4, 0.5) is 13.2 Å². The van der Waals surface area contributed by atoms with Crippen LogP contribution < -0.4 is 5.32 Å². The normalized spacial score (nSPS) is 25.3. The third-order valence-corrected chi connectivity index (χ3v) is 3.27. The summed E-state index contributed by atoms with van der Waals surface area (Å²) in [7, 11) is 0. The zero-order valence-corrected chi connectivity index (χ0v) is 10.5. The molecule has 1 aliphatic rings. The fraction of sp³-hybridized carbons (Fsp3) is 1.00. The van der Waals surface area contributed by atoms with Crippen molar-refractivity contribution in [2.45, 2.75) is 44.3 Å². The first-order valence-corrected chi connectivity index (χ1v) is 6.52. The monoisotopic (exact) mass is 269 g/mol. The molecule has 2 N–H and O–H groups in total. The van der Waals surface area contributed by atoms with Crippen molar-refractivity contribution in [1.82, 2.24) is 5.32 Å². The van der Waals surface area contributed by atoms with Crippen LogP contribution in [0.3, 0.4) is 0 Å². The molecule has 0 radical (unpaired) electrons. The van der Waals surface area contributed by atoms with Crippen LogP contribution in [0.2, 0.25) is 0 Å². The summed E-state index contributed by atoms with van der Waals surface area (Å²) in [6, 6.07) is -0.0248. The molecule has 6 heteroatoms. The Bertz CT molecular complexity index is 224. The number of hydrogen-bond donors (Lipinski definition) is 2. The molecule has 1 saturated carbocycles. The molecule has 0 saturated heterocycles. The van der Waals surface area contributed by atoms with Gasteiger partial charge < -0.3 is 15.2 Å². The Morgan fingerprint density at radius 1 is 1.22 bits per heavy atom. The van der Waals surface area contributed by atoms with Gasteiger partial charge in [-0.25, -0.2) is 0 Å². The van der Waals surface area contributed by atoms with Gasteiger partial charge in [0.05, 0.1) is 19.1 Å². The van der Waals surface area contributed by atoms with E-state index in [-0.39, 0.29) is 25.5 Å². The number of aliphatic hydroxyl groups excluding tert-OH is 1. The number of hydrogen-bond acceptors (Lipinski definition) is 3. The fourth-order valence-corrected chi connectivity index (χ4v) is 2.32. The molecule has 0 spiro atoms. The highest BCUT2D eigenvalue weighted by atomic mass is 19.4. The Balaban J connectivity index is 2.11. The van der Waals surface area contributed by atoms with E-state index in [1.807, 2.05) is 0 Å². The summed E-state index contributed by atoms with van der Waals surface area (Å²) in [4.78, 5) is 0. The van der Waals surface area contributed by atoms with Crippen molar-refractivity contribution in [3.63, 3.8) is 0 Å². The molecule has 0 aromatic heterocycles. The molecule has 0 aliphatic heterocycles. The molecule has 0 aromatic carbocycles. The molecule has 2 unspecified atom stereocenters. The van der Waals surface area contributed by atoms with E-state index < -0.39 is 12.1 Å². The van der Waals surface area contributed by atoms with Gasteiger partial charge >= 0.3 is 6.18 Å². The average Bonchev–Trinajstić information content (AvgIpc) is 2.33. The molecule has 18 heavy (non-hydrogen) atoms. The summed E-state index contributed by atoms with van der Waals surface area (Å²) >= 11 is 0. The molecule has 1 aliphatic carbocycles. The lowest BCUT2D eigenvalue weighted by Gasteiger charge is -2.31. The maximum absolute atomic E-state index is 12.6. The second kappa shape index (κ2) is 7.96. The predicted molar refractivity (Wildman–Crippen MR) is 62.3 cm³/mol. The van der Waals surface area contributed by atoms with Gasteiger partial charge in [0.1, 0.15) is 0 Å². The van der Waals surface area contributed by atoms with Gasteiger partial charge in [-0.05, 0) is 32.2 Å². The molecule has 1 rings (SSSR count). The van der Waals surface area contributed by atoms with Gasteiger partial charge in [-0.1, -0.05) is 6.42 Å². The Morgan fingerprint density at radius 3 is 2.67 bits per heavy atom. The van der Waals surface area contributed by atoms with Crippen LogP contribution in [0, 0.1) is 5.92 Å². The lowest BCUT2D eigenvalue weighted by molar-refractivity contribution is -0.183. The minimum absolute atomic E-state index is 0.00329. The van der Waals surface area contributed by atoms with Crippen molar-refractivity contribution in [3.05, 3.63) is 0 Å². The maximum atomic E-state index is 12.6. The molecule has 108 valence electrons. The van der Waals surface area contributed by atoms with Crippen LogP contribution in [-0.2, 0) is 4.74 Å². The third-order valence-electron chi connectivity index (χ3n) is 3.27. The van der Waals surface area contributed by atoms with Gasteiger partial charge in [-0.3, -0.25) is 0 Å². The zero-order valence-electron chi connectivity index (χ0n) is 10.5. The van der Waals surface area contributed by atoms with Crippen LogP contribution >= 0.6 is 0 Å². The molecule has 0 amide bonds. The van der Waals surface area contributed by atoms with Gasteiger partial charge in [-0.15, -0.1) is 0 Å². The highest BCUT2D eigenvalue weighted by Crippen LogP contribution is 2.37. The largest absolute Gasteiger partial charge is 0.394 e. The third kappa shape index (κ3) is 6.02. The molecule has 0 bridgehead atoms. The van der Waals surface area contributed by atoms with Gasteiger partial charge in [0.2, 0.25) is 0 Å². The highest BCUT2D eigenvalue weighted by Gasteiger charge is 2.41. The van der Waals surface area contributed by atoms with Crippen molar-refractivity contribution in [1.29, 1.82) is 0 Å².